The molecule has 1 aliphatic heterocycles. The number of esters is 1. The highest BCUT2D eigenvalue weighted by Gasteiger charge is 2.39. The maximum Gasteiger partial charge on any atom is 0.306 e. The highest BCUT2D eigenvalue weighted by molar-refractivity contribution is 7.09. The average molecular weight is 820 g/mol. The number of hydrogen-bond donors (Lipinski definition) is 4. The molecule has 316 valence electrons. The average Bonchev–Trinajstić information content (AvgIpc) is 3.69. The summed E-state index contributed by atoms with van der Waals surface area (Å²) < 4.78 is 5.90. The van der Waals surface area contributed by atoms with E-state index in [1.54, 1.807) is 29.3 Å². The van der Waals surface area contributed by atoms with E-state index < -0.39 is 48.0 Å². The number of aromatic hydroxyl groups is 1. The number of hydrogen-bond acceptors (Lipinski definition) is 10. The first-order valence-electron chi connectivity index (χ1n) is 20.4. The fourth-order valence-electron chi connectivity index (χ4n) is 7.47. The first kappa shape index (κ1) is 45.9. The van der Waals surface area contributed by atoms with Crippen LogP contribution in [0.5, 0.6) is 5.75 Å². The molecule has 0 saturated carbocycles. The second kappa shape index (κ2) is 21.8. The van der Waals surface area contributed by atoms with Gasteiger partial charge in [0.1, 0.15) is 22.5 Å². The minimum Gasteiger partial charge on any atom is -0.508 e. The zero-order valence-corrected chi connectivity index (χ0v) is 35.7. The molecule has 4 rings (SSSR count). The first-order valence-corrected chi connectivity index (χ1v) is 21.2. The van der Waals surface area contributed by atoms with Crippen molar-refractivity contribution in [2.45, 2.75) is 123 Å². The number of carbonyl (C=O) groups excluding carboxylic acids is 4. The molecule has 1 aromatic heterocycles. The van der Waals surface area contributed by atoms with E-state index in [1.807, 2.05) is 70.0 Å². The lowest BCUT2D eigenvalue weighted by Crippen LogP contribution is -2.58. The van der Waals surface area contributed by atoms with Crippen molar-refractivity contribution in [2.24, 2.45) is 17.8 Å². The maximum atomic E-state index is 15.0. The summed E-state index contributed by atoms with van der Waals surface area (Å²) in [5.41, 5.74) is 1.79. The molecule has 0 radical (unpaired) electrons. The van der Waals surface area contributed by atoms with Crippen molar-refractivity contribution in [1.82, 2.24) is 25.4 Å². The van der Waals surface area contributed by atoms with Gasteiger partial charge in [-0.05, 0) is 74.4 Å². The van der Waals surface area contributed by atoms with Crippen LogP contribution in [0.3, 0.4) is 0 Å². The molecule has 0 aliphatic carbocycles. The SMILES string of the molecule is CCC(C)C(NC(=O)C1CCCCN1C)C(=O)N(Cc1ccccc1)C(CC(OC(C)=O)c1nc(C(=O)NC(Cc2ccc(O)cc2)CC(C)C(=O)O)cs1)C(C)C. The van der Waals surface area contributed by atoms with Crippen molar-refractivity contribution in [3.8, 4) is 5.75 Å². The second-order valence-corrected chi connectivity index (χ2v) is 16.9. The van der Waals surface area contributed by atoms with Crippen molar-refractivity contribution in [3.05, 3.63) is 81.8 Å². The Morgan fingerprint density at radius 2 is 1.66 bits per heavy atom. The minimum atomic E-state index is -0.987. The van der Waals surface area contributed by atoms with E-state index in [9.17, 15) is 34.2 Å². The summed E-state index contributed by atoms with van der Waals surface area (Å²) in [5, 5.41) is 27.4. The zero-order chi connectivity index (χ0) is 42.5. The van der Waals surface area contributed by atoms with E-state index in [0.29, 0.717) is 17.8 Å². The third-order valence-corrected chi connectivity index (χ3v) is 12.0. The van der Waals surface area contributed by atoms with Gasteiger partial charge in [-0.25, -0.2) is 4.98 Å². The number of ether oxygens (including phenoxy) is 1. The molecule has 7 unspecified atom stereocenters. The van der Waals surface area contributed by atoms with Crippen molar-refractivity contribution in [3.63, 3.8) is 0 Å². The molecule has 1 saturated heterocycles. The topological polar surface area (TPSA) is 178 Å². The molecule has 0 spiro atoms. The van der Waals surface area contributed by atoms with Crippen molar-refractivity contribution >= 4 is 41.0 Å². The molecule has 2 aromatic carbocycles. The quantitative estimate of drug-likeness (QED) is 0.0938. The molecular weight excluding hydrogens is 759 g/mol. The molecule has 14 heteroatoms. The van der Waals surface area contributed by atoms with Crippen molar-refractivity contribution < 1.29 is 38.9 Å². The summed E-state index contributed by atoms with van der Waals surface area (Å²) in [6.45, 7) is 11.9. The first-order chi connectivity index (χ1) is 27.6. The molecule has 3 aromatic rings. The number of benzene rings is 2. The number of nitrogens with zero attached hydrogens (tertiary/aromatic N) is 3. The standard InChI is InChI=1S/C44H61N5O8S/c1-8-28(4)39(47-41(53)36-16-12-13-21-48(36)7)43(54)49(25-32-14-10-9-11-15-32)37(27(2)3)24-38(57-30(6)50)42-46-35(26-58-42)40(52)45-33(22-29(5)44(55)56)23-31-17-19-34(51)20-18-31/h9-11,14-15,17-20,26-29,33,36-39,51H,8,12-13,16,21-25H2,1-7H3,(H,45,52)(H,47,53)(H,55,56). The van der Waals surface area contributed by atoms with E-state index in [0.717, 1.165) is 48.3 Å². The molecule has 13 nitrogen and oxygen atoms in total. The Morgan fingerprint density at radius 3 is 2.26 bits per heavy atom. The van der Waals surface area contributed by atoms with E-state index in [2.05, 4.69) is 15.6 Å². The molecule has 4 N–H and O–H groups in total. The predicted octanol–water partition coefficient (Wildman–Crippen LogP) is 6.36. The molecule has 1 aliphatic rings. The highest BCUT2D eigenvalue weighted by Crippen LogP contribution is 2.32. The van der Waals surface area contributed by atoms with Gasteiger partial charge in [0.05, 0.1) is 12.0 Å². The molecule has 58 heavy (non-hydrogen) atoms. The summed E-state index contributed by atoms with van der Waals surface area (Å²) in [6, 6.07) is 14.0. The molecule has 0 bridgehead atoms. The van der Waals surface area contributed by atoms with Crippen LogP contribution in [0.1, 0.15) is 113 Å². The van der Waals surface area contributed by atoms with E-state index >= 15 is 0 Å². The normalized spacial score (nSPS) is 17.6. The number of rotatable bonds is 20. The molecule has 1 fully saturated rings. The van der Waals surface area contributed by atoms with E-state index in [1.165, 1.54) is 19.1 Å². The molecule has 3 amide bonds. The second-order valence-electron chi connectivity index (χ2n) is 16.0. The van der Waals surface area contributed by atoms with Crippen LogP contribution < -0.4 is 10.6 Å². The lowest BCUT2D eigenvalue weighted by molar-refractivity contribution is -0.150. The van der Waals surface area contributed by atoms with Gasteiger partial charge in [0.25, 0.3) is 5.91 Å². The molecule has 2 heterocycles. The third-order valence-electron chi connectivity index (χ3n) is 11.1. The summed E-state index contributed by atoms with van der Waals surface area (Å²) in [5.74, 6) is -3.36. The molecular formula is C44H61N5O8S. The Kier molecular flexibility index (Phi) is 17.2. The van der Waals surface area contributed by atoms with Crippen LogP contribution in [0.15, 0.2) is 60.0 Å². The Labute approximate surface area is 346 Å². The van der Waals surface area contributed by atoms with Crippen LogP contribution >= 0.6 is 11.3 Å². The fourth-order valence-corrected chi connectivity index (χ4v) is 8.31. The number of aliphatic carboxylic acids is 1. The Hall–Kier alpha value is -4.82. The monoisotopic (exact) mass is 819 g/mol. The number of carboxylic acid groups (broad SMARTS) is 1. The lowest BCUT2D eigenvalue weighted by Gasteiger charge is -2.40. The van der Waals surface area contributed by atoms with Gasteiger partial charge in [0.2, 0.25) is 11.8 Å². The van der Waals surface area contributed by atoms with Gasteiger partial charge in [-0.1, -0.05) is 89.9 Å². The van der Waals surface area contributed by atoms with Crippen molar-refractivity contribution in [1.29, 1.82) is 0 Å². The van der Waals surface area contributed by atoms with Crippen LogP contribution in [0.2, 0.25) is 0 Å². The number of likely N-dealkylation sites (tertiary alicyclic amines) is 1. The number of piperidine rings is 1. The number of thiazole rings is 1. The van der Waals surface area contributed by atoms with E-state index in [4.69, 9.17) is 4.74 Å². The van der Waals surface area contributed by atoms with Crippen molar-refractivity contribution in [2.75, 3.05) is 13.6 Å². The number of likely N-dealkylation sites (N-methyl/N-ethyl adjacent to an activating group) is 1. The lowest BCUT2D eigenvalue weighted by atomic mass is 9.91. The number of carboxylic acids is 1. The van der Waals surface area contributed by atoms with Gasteiger partial charge in [-0.15, -0.1) is 11.3 Å². The number of amides is 3. The van der Waals surface area contributed by atoms with Gasteiger partial charge in [0, 0.05) is 37.4 Å². The Balaban J connectivity index is 1.64. The summed E-state index contributed by atoms with van der Waals surface area (Å²) in [4.78, 5) is 75.3. The van der Waals surface area contributed by atoms with Gasteiger partial charge in [-0.3, -0.25) is 28.9 Å². The largest absolute Gasteiger partial charge is 0.508 e. The zero-order valence-electron chi connectivity index (χ0n) is 34.9. The van der Waals surface area contributed by atoms with E-state index in [-0.39, 0.29) is 60.5 Å². The smallest absolute Gasteiger partial charge is 0.306 e. The fraction of sp³-hybridized carbons (Fsp3) is 0.545. The summed E-state index contributed by atoms with van der Waals surface area (Å²) in [6.07, 6.45) is 3.11. The van der Waals surface area contributed by atoms with Crippen LogP contribution in [-0.4, -0.2) is 92.4 Å². The number of nitrogens with one attached hydrogen (secondary N) is 2. The van der Waals surface area contributed by atoms with Crippen LogP contribution in [-0.2, 0) is 36.9 Å². The number of carbonyl (C=O) groups is 5. The Morgan fingerprint density at radius 1 is 0.966 bits per heavy atom. The van der Waals surface area contributed by atoms with Crippen LogP contribution in [0, 0.1) is 17.8 Å². The van der Waals surface area contributed by atoms with Crippen LogP contribution in [0.25, 0.3) is 0 Å². The number of aromatic nitrogens is 1. The minimum absolute atomic E-state index is 0.0846. The van der Waals surface area contributed by atoms with Gasteiger partial charge in [0.15, 0.2) is 6.10 Å². The van der Waals surface area contributed by atoms with Gasteiger partial charge in [-0.2, -0.15) is 0 Å². The maximum absolute atomic E-state index is 15.0. The van der Waals surface area contributed by atoms with Crippen LogP contribution in [0.4, 0.5) is 0 Å². The Bertz CT molecular complexity index is 1820. The highest BCUT2D eigenvalue weighted by atomic mass is 32.1. The summed E-state index contributed by atoms with van der Waals surface area (Å²) >= 11 is 1.16. The third kappa shape index (κ3) is 13.1. The number of phenols is 1. The predicted molar refractivity (Wildman–Crippen MR) is 223 cm³/mol. The summed E-state index contributed by atoms with van der Waals surface area (Å²) in [7, 11) is 1.94. The molecule has 7 atom stereocenters. The number of phenolic OH excluding ortho intramolecular Hbond substituents is 1. The van der Waals surface area contributed by atoms with Gasteiger partial charge >= 0.3 is 11.9 Å². The van der Waals surface area contributed by atoms with Gasteiger partial charge < -0.3 is 30.5 Å².